The van der Waals surface area contributed by atoms with Crippen molar-refractivity contribution in [2.75, 3.05) is 19.7 Å². The van der Waals surface area contributed by atoms with Gasteiger partial charge in [-0.25, -0.2) is 4.98 Å². The highest BCUT2D eigenvalue weighted by atomic mass is 32.1. The van der Waals surface area contributed by atoms with Gasteiger partial charge in [0.25, 0.3) is 0 Å². The number of likely N-dealkylation sites (tertiary alicyclic amines) is 1. The van der Waals surface area contributed by atoms with Crippen LogP contribution in [0.25, 0.3) is 0 Å². The summed E-state index contributed by atoms with van der Waals surface area (Å²) < 4.78 is 0. The Morgan fingerprint density at radius 3 is 3.06 bits per heavy atom. The molecular weight excluding hydrogens is 232 g/mol. The molecule has 1 N–H and O–H groups in total. The highest BCUT2D eigenvalue weighted by Crippen LogP contribution is 2.23. The van der Waals surface area contributed by atoms with Crippen molar-refractivity contribution in [1.82, 2.24) is 9.88 Å². The van der Waals surface area contributed by atoms with E-state index in [0.717, 1.165) is 26.1 Å². The van der Waals surface area contributed by atoms with Gasteiger partial charge in [0.15, 0.2) is 0 Å². The SMILES string of the molecule is CC(C)c1nc(CN2CCC(CCO)C2)cs1. The van der Waals surface area contributed by atoms with Gasteiger partial charge in [0.1, 0.15) is 0 Å². The second-order valence-corrected chi connectivity index (χ2v) is 6.12. The molecule has 2 rings (SSSR count). The van der Waals surface area contributed by atoms with Crippen molar-refractivity contribution in [3.05, 3.63) is 16.1 Å². The monoisotopic (exact) mass is 254 g/mol. The van der Waals surface area contributed by atoms with Gasteiger partial charge in [0.2, 0.25) is 0 Å². The maximum Gasteiger partial charge on any atom is 0.0954 e. The van der Waals surface area contributed by atoms with E-state index in [0.29, 0.717) is 18.4 Å². The number of aromatic nitrogens is 1. The zero-order valence-electron chi connectivity index (χ0n) is 10.7. The average molecular weight is 254 g/mol. The topological polar surface area (TPSA) is 36.4 Å². The zero-order chi connectivity index (χ0) is 12.3. The zero-order valence-corrected chi connectivity index (χ0v) is 11.5. The third-order valence-corrected chi connectivity index (χ3v) is 4.55. The fourth-order valence-electron chi connectivity index (χ4n) is 2.36. The van der Waals surface area contributed by atoms with Crippen molar-refractivity contribution < 1.29 is 5.11 Å². The Morgan fingerprint density at radius 2 is 2.41 bits per heavy atom. The van der Waals surface area contributed by atoms with E-state index in [1.54, 1.807) is 11.3 Å². The van der Waals surface area contributed by atoms with Crippen molar-refractivity contribution in [1.29, 1.82) is 0 Å². The summed E-state index contributed by atoms with van der Waals surface area (Å²) in [5.41, 5.74) is 1.21. The summed E-state index contributed by atoms with van der Waals surface area (Å²) in [5.74, 6) is 1.22. The summed E-state index contributed by atoms with van der Waals surface area (Å²) in [7, 11) is 0. The lowest BCUT2D eigenvalue weighted by atomic mass is 10.1. The number of aliphatic hydroxyl groups excluding tert-OH is 1. The Balaban J connectivity index is 1.85. The van der Waals surface area contributed by atoms with Crippen molar-refractivity contribution in [2.45, 2.75) is 39.2 Å². The molecule has 0 saturated carbocycles. The second kappa shape index (κ2) is 5.94. The standard InChI is InChI=1S/C13H22N2OS/c1-10(2)13-14-12(9-17-13)8-15-5-3-11(7-15)4-6-16/h9-11,16H,3-8H2,1-2H3. The number of hydrogen-bond acceptors (Lipinski definition) is 4. The Kier molecular flexibility index (Phi) is 4.54. The number of nitrogens with zero attached hydrogens (tertiary/aromatic N) is 2. The predicted molar refractivity (Wildman–Crippen MR) is 71.3 cm³/mol. The quantitative estimate of drug-likeness (QED) is 0.877. The first-order chi connectivity index (χ1) is 8.19. The van der Waals surface area contributed by atoms with E-state index < -0.39 is 0 Å². The van der Waals surface area contributed by atoms with E-state index in [-0.39, 0.29) is 0 Å². The van der Waals surface area contributed by atoms with E-state index in [4.69, 9.17) is 5.11 Å². The molecule has 96 valence electrons. The third kappa shape index (κ3) is 3.50. The fourth-order valence-corrected chi connectivity index (χ4v) is 3.19. The normalized spacial score (nSPS) is 21.5. The Bertz CT molecular complexity index is 351. The molecule has 4 heteroatoms. The molecule has 0 radical (unpaired) electrons. The fraction of sp³-hybridized carbons (Fsp3) is 0.769. The lowest BCUT2D eigenvalue weighted by Crippen LogP contribution is -2.20. The van der Waals surface area contributed by atoms with Crippen LogP contribution >= 0.6 is 11.3 Å². The van der Waals surface area contributed by atoms with Crippen molar-refractivity contribution in [3.8, 4) is 0 Å². The van der Waals surface area contributed by atoms with Gasteiger partial charge in [0.05, 0.1) is 10.7 Å². The van der Waals surface area contributed by atoms with Crippen LogP contribution in [0.1, 0.15) is 43.3 Å². The van der Waals surface area contributed by atoms with Crippen LogP contribution in [0.4, 0.5) is 0 Å². The molecule has 1 aliphatic heterocycles. The molecule has 1 unspecified atom stereocenters. The average Bonchev–Trinajstić information content (AvgIpc) is 2.89. The summed E-state index contributed by atoms with van der Waals surface area (Å²) in [6.07, 6.45) is 2.17. The molecular formula is C13H22N2OS. The van der Waals surface area contributed by atoms with Crippen LogP contribution in [0.3, 0.4) is 0 Å². The molecule has 1 aromatic rings. The highest BCUT2D eigenvalue weighted by Gasteiger charge is 2.22. The lowest BCUT2D eigenvalue weighted by Gasteiger charge is -2.14. The number of rotatable bonds is 5. The van der Waals surface area contributed by atoms with E-state index >= 15 is 0 Å². The maximum atomic E-state index is 8.94. The third-order valence-electron chi connectivity index (χ3n) is 3.36. The second-order valence-electron chi connectivity index (χ2n) is 5.23. The van der Waals surface area contributed by atoms with Crippen molar-refractivity contribution in [3.63, 3.8) is 0 Å². The first-order valence-electron chi connectivity index (χ1n) is 6.46. The minimum atomic E-state index is 0.326. The summed E-state index contributed by atoms with van der Waals surface area (Å²) in [5, 5.41) is 12.4. The van der Waals surface area contributed by atoms with Gasteiger partial charge in [-0.3, -0.25) is 4.90 Å². The van der Waals surface area contributed by atoms with Crippen molar-refractivity contribution >= 4 is 11.3 Å². The van der Waals surface area contributed by atoms with Crippen LogP contribution in [0.5, 0.6) is 0 Å². The van der Waals surface area contributed by atoms with Crippen molar-refractivity contribution in [2.24, 2.45) is 5.92 Å². The Labute approximate surface area is 107 Å². The molecule has 0 aromatic carbocycles. The van der Waals surface area contributed by atoms with Crippen LogP contribution in [0.15, 0.2) is 5.38 Å². The summed E-state index contributed by atoms with van der Waals surface area (Å²) in [6, 6.07) is 0. The predicted octanol–water partition coefficient (Wildman–Crippen LogP) is 2.47. The van der Waals surface area contributed by atoms with Crippen LogP contribution in [-0.4, -0.2) is 34.7 Å². The van der Waals surface area contributed by atoms with Crippen LogP contribution in [-0.2, 0) is 6.54 Å². The maximum absolute atomic E-state index is 8.94. The largest absolute Gasteiger partial charge is 0.396 e. The van der Waals surface area contributed by atoms with Gasteiger partial charge in [-0.1, -0.05) is 13.8 Å². The van der Waals surface area contributed by atoms with E-state index in [1.165, 1.54) is 17.1 Å². The van der Waals surface area contributed by atoms with E-state index in [1.807, 2.05) is 0 Å². The molecule has 2 heterocycles. The lowest BCUT2D eigenvalue weighted by molar-refractivity contribution is 0.249. The molecule has 0 bridgehead atoms. The first-order valence-corrected chi connectivity index (χ1v) is 7.34. The first kappa shape index (κ1) is 13.0. The molecule has 1 aromatic heterocycles. The van der Waals surface area contributed by atoms with Gasteiger partial charge in [-0.05, 0) is 25.3 Å². The van der Waals surface area contributed by atoms with Gasteiger partial charge in [-0.15, -0.1) is 11.3 Å². The molecule has 1 aliphatic rings. The minimum Gasteiger partial charge on any atom is -0.396 e. The van der Waals surface area contributed by atoms with Crippen LogP contribution in [0, 0.1) is 5.92 Å². The number of thiazole rings is 1. The van der Waals surface area contributed by atoms with Gasteiger partial charge < -0.3 is 5.11 Å². The minimum absolute atomic E-state index is 0.326. The molecule has 1 fully saturated rings. The van der Waals surface area contributed by atoms with E-state index in [9.17, 15) is 0 Å². The number of hydrogen-bond donors (Lipinski definition) is 1. The molecule has 1 saturated heterocycles. The highest BCUT2D eigenvalue weighted by molar-refractivity contribution is 7.09. The molecule has 3 nitrogen and oxygen atoms in total. The molecule has 0 spiro atoms. The van der Waals surface area contributed by atoms with Crippen LogP contribution in [0.2, 0.25) is 0 Å². The molecule has 1 atom stereocenters. The van der Waals surface area contributed by atoms with Gasteiger partial charge in [-0.2, -0.15) is 0 Å². The Morgan fingerprint density at radius 1 is 1.59 bits per heavy atom. The Hall–Kier alpha value is -0.450. The van der Waals surface area contributed by atoms with Gasteiger partial charge in [0, 0.05) is 31.0 Å². The summed E-state index contributed by atoms with van der Waals surface area (Å²) in [4.78, 5) is 7.13. The van der Waals surface area contributed by atoms with Crippen LogP contribution < -0.4 is 0 Å². The molecule has 17 heavy (non-hydrogen) atoms. The molecule has 0 aliphatic carbocycles. The van der Waals surface area contributed by atoms with E-state index in [2.05, 4.69) is 29.1 Å². The summed E-state index contributed by atoms with van der Waals surface area (Å²) >= 11 is 1.77. The molecule has 0 amide bonds. The smallest absolute Gasteiger partial charge is 0.0954 e. The van der Waals surface area contributed by atoms with Gasteiger partial charge >= 0.3 is 0 Å². The number of aliphatic hydroxyl groups is 1. The summed E-state index contributed by atoms with van der Waals surface area (Å²) in [6.45, 7) is 7.96.